The summed E-state index contributed by atoms with van der Waals surface area (Å²) in [5.41, 5.74) is -3.21. The van der Waals surface area contributed by atoms with Gasteiger partial charge in [-0.25, -0.2) is 0 Å². The van der Waals surface area contributed by atoms with E-state index in [0.29, 0.717) is 35.1 Å². The first kappa shape index (κ1) is 29.8. The molecule has 0 aliphatic heterocycles. The van der Waals surface area contributed by atoms with E-state index in [2.05, 4.69) is 10.3 Å². The fourth-order valence-electron chi connectivity index (χ4n) is 4.47. The Hall–Kier alpha value is -4.19. The molecule has 0 fully saturated rings. The number of nitrogens with one attached hydrogen (secondary N) is 1. The van der Waals surface area contributed by atoms with Crippen LogP contribution in [0, 0.1) is 5.92 Å². The molecule has 0 radical (unpaired) electrons. The number of halogens is 6. The highest BCUT2D eigenvalue weighted by molar-refractivity contribution is 6.08. The molecule has 1 atom stereocenters. The molecule has 0 unspecified atom stereocenters. The van der Waals surface area contributed by atoms with Gasteiger partial charge in [0.1, 0.15) is 5.69 Å². The number of alkyl halides is 6. The van der Waals surface area contributed by atoms with Crippen molar-refractivity contribution in [2.45, 2.75) is 38.8 Å². The van der Waals surface area contributed by atoms with Crippen molar-refractivity contribution in [3.8, 4) is 11.1 Å². The van der Waals surface area contributed by atoms with Gasteiger partial charge in [0.25, 0.3) is 11.5 Å². The topological polar surface area (TPSA) is 84.2 Å². The predicted molar refractivity (Wildman–Crippen MR) is 140 cm³/mol. The Morgan fingerprint density at radius 3 is 2.20 bits per heavy atom. The third kappa shape index (κ3) is 6.59. The molecule has 0 aliphatic rings. The molecular formula is C29H25F6N3O3. The van der Waals surface area contributed by atoms with Crippen LogP contribution in [-0.2, 0) is 25.4 Å². The van der Waals surface area contributed by atoms with E-state index in [1.165, 1.54) is 17.0 Å². The standard InChI is InChI=1S/C29H25F6N3O3/c1-17(16-39)8-10-38-25(24(19-5-3-2-4-6-19)22-7-9-36-15-23(22)27(38)41)26(40)37-14-18-11-20(28(30,31)32)13-21(12-18)29(33,34)35/h2-7,9,11-13,15,17,39H,8,10,14,16H2,1H3,(H,37,40)/t17-/m1/s1. The summed E-state index contributed by atoms with van der Waals surface area (Å²) < 4.78 is 81.3. The van der Waals surface area contributed by atoms with Gasteiger partial charge in [0.05, 0.1) is 16.5 Å². The average molecular weight is 578 g/mol. The third-order valence-electron chi connectivity index (χ3n) is 6.61. The summed E-state index contributed by atoms with van der Waals surface area (Å²) in [6, 6.07) is 11.2. The minimum Gasteiger partial charge on any atom is -0.396 e. The lowest BCUT2D eigenvalue weighted by Crippen LogP contribution is -2.34. The number of rotatable bonds is 8. The van der Waals surface area contributed by atoms with E-state index in [9.17, 15) is 41.0 Å². The van der Waals surface area contributed by atoms with Gasteiger partial charge in [-0.05, 0) is 47.7 Å². The van der Waals surface area contributed by atoms with E-state index >= 15 is 0 Å². The molecular weight excluding hydrogens is 552 g/mol. The van der Waals surface area contributed by atoms with Crippen LogP contribution in [0.5, 0.6) is 0 Å². The van der Waals surface area contributed by atoms with Crippen molar-refractivity contribution in [2.24, 2.45) is 5.92 Å². The van der Waals surface area contributed by atoms with Crippen LogP contribution in [0.15, 0.2) is 71.8 Å². The first-order valence-corrected chi connectivity index (χ1v) is 12.5. The number of carbonyl (C=O) groups excluding carboxylic acids is 1. The van der Waals surface area contributed by atoms with Crippen molar-refractivity contribution in [1.29, 1.82) is 0 Å². The molecule has 12 heteroatoms. The summed E-state index contributed by atoms with van der Waals surface area (Å²) in [6.45, 7) is 0.914. The molecule has 2 aromatic heterocycles. The summed E-state index contributed by atoms with van der Waals surface area (Å²) in [7, 11) is 0. The maximum Gasteiger partial charge on any atom is 0.416 e. The fourth-order valence-corrected chi connectivity index (χ4v) is 4.47. The summed E-state index contributed by atoms with van der Waals surface area (Å²) in [5, 5.41) is 12.5. The molecule has 4 rings (SSSR count). The minimum absolute atomic E-state index is 0.00968. The zero-order valence-corrected chi connectivity index (χ0v) is 21.7. The van der Waals surface area contributed by atoms with Crippen molar-refractivity contribution < 1.29 is 36.2 Å². The Morgan fingerprint density at radius 2 is 1.61 bits per heavy atom. The largest absolute Gasteiger partial charge is 0.416 e. The van der Waals surface area contributed by atoms with Gasteiger partial charge in [-0.1, -0.05) is 37.3 Å². The zero-order chi connectivity index (χ0) is 29.9. The molecule has 2 N–H and O–H groups in total. The monoisotopic (exact) mass is 577 g/mol. The second kappa shape index (κ2) is 11.7. The van der Waals surface area contributed by atoms with Crippen molar-refractivity contribution in [3.05, 3.63) is 99.7 Å². The third-order valence-corrected chi connectivity index (χ3v) is 6.61. The normalized spacial score (nSPS) is 12.9. The molecule has 2 heterocycles. The first-order valence-electron chi connectivity index (χ1n) is 12.5. The Bertz CT molecular complexity index is 1580. The molecule has 4 aromatic rings. The Kier molecular flexibility index (Phi) is 8.52. The van der Waals surface area contributed by atoms with Crippen LogP contribution in [0.25, 0.3) is 21.9 Å². The molecule has 1 amide bonds. The van der Waals surface area contributed by atoms with Crippen molar-refractivity contribution in [3.63, 3.8) is 0 Å². The fraction of sp³-hybridized carbons (Fsp3) is 0.276. The highest BCUT2D eigenvalue weighted by Gasteiger charge is 2.37. The summed E-state index contributed by atoms with van der Waals surface area (Å²) in [4.78, 5) is 31.3. The van der Waals surface area contributed by atoms with Gasteiger partial charge in [0.15, 0.2) is 0 Å². The molecule has 216 valence electrons. The number of aliphatic hydroxyl groups is 1. The lowest BCUT2D eigenvalue weighted by atomic mass is 9.96. The number of nitrogens with zero attached hydrogens (tertiary/aromatic N) is 2. The molecule has 6 nitrogen and oxygen atoms in total. The van der Waals surface area contributed by atoms with E-state index < -0.39 is 47.1 Å². The van der Waals surface area contributed by atoms with Crippen LogP contribution in [0.1, 0.15) is 40.5 Å². The second-order valence-corrected chi connectivity index (χ2v) is 9.64. The lowest BCUT2D eigenvalue weighted by Gasteiger charge is -2.21. The molecule has 0 bridgehead atoms. The number of aliphatic hydroxyl groups excluding tert-OH is 1. The van der Waals surface area contributed by atoms with Crippen molar-refractivity contribution in [1.82, 2.24) is 14.9 Å². The van der Waals surface area contributed by atoms with Gasteiger partial charge in [-0.3, -0.25) is 14.6 Å². The molecule has 0 saturated carbocycles. The van der Waals surface area contributed by atoms with Crippen LogP contribution in [0.3, 0.4) is 0 Å². The maximum absolute atomic E-state index is 13.7. The van der Waals surface area contributed by atoms with E-state index in [-0.39, 0.29) is 36.2 Å². The Morgan fingerprint density at radius 1 is 0.976 bits per heavy atom. The molecule has 2 aromatic carbocycles. The smallest absolute Gasteiger partial charge is 0.396 e. The minimum atomic E-state index is -5.04. The summed E-state index contributed by atoms with van der Waals surface area (Å²) >= 11 is 0. The van der Waals surface area contributed by atoms with E-state index in [1.54, 1.807) is 43.3 Å². The van der Waals surface area contributed by atoms with E-state index in [4.69, 9.17) is 0 Å². The van der Waals surface area contributed by atoms with Gasteiger partial charge in [0, 0.05) is 43.0 Å². The predicted octanol–water partition coefficient (Wildman–Crippen LogP) is 6.05. The number of hydrogen-bond donors (Lipinski definition) is 2. The SMILES string of the molecule is C[C@@H](CO)CCn1c(C(=O)NCc2cc(C(F)(F)F)cc(C(F)(F)F)c2)c(-c2ccccc2)c2ccncc2c1=O. The zero-order valence-electron chi connectivity index (χ0n) is 21.7. The van der Waals surface area contributed by atoms with Gasteiger partial charge in [-0.2, -0.15) is 26.3 Å². The quantitative estimate of drug-likeness (QED) is 0.250. The second-order valence-electron chi connectivity index (χ2n) is 9.64. The molecule has 0 saturated heterocycles. The summed E-state index contributed by atoms with van der Waals surface area (Å²) in [5.74, 6) is -1.10. The van der Waals surface area contributed by atoms with Crippen LogP contribution in [-0.4, -0.2) is 27.2 Å². The highest BCUT2D eigenvalue weighted by Crippen LogP contribution is 2.36. The van der Waals surface area contributed by atoms with Gasteiger partial charge in [0.2, 0.25) is 0 Å². The number of hydrogen-bond acceptors (Lipinski definition) is 4. The number of aromatic nitrogens is 2. The van der Waals surface area contributed by atoms with Crippen LogP contribution >= 0.6 is 0 Å². The number of carbonyl (C=O) groups is 1. The van der Waals surface area contributed by atoms with Gasteiger partial charge in [-0.15, -0.1) is 0 Å². The van der Waals surface area contributed by atoms with Crippen LogP contribution < -0.4 is 10.9 Å². The number of fused-ring (bicyclic) bond motifs is 1. The van der Waals surface area contributed by atoms with Crippen molar-refractivity contribution >= 4 is 16.7 Å². The highest BCUT2D eigenvalue weighted by atomic mass is 19.4. The van der Waals surface area contributed by atoms with Crippen molar-refractivity contribution in [2.75, 3.05) is 6.61 Å². The molecule has 41 heavy (non-hydrogen) atoms. The van der Waals surface area contributed by atoms with E-state index in [1.807, 2.05) is 0 Å². The van der Waals surface area contributed by atoms with E-state index in [0.717, 1.165) is 0 Å². The summed E-state index contributed by atoms with van der Waals surface area (Å²) in [6.07, 6.45) is -6.98. The molecule has 0 aliphatic carbocycles. The van der Waals surface area contributed by atoms with Gasteiger partial charge < -0.3 is 15.0 Å². The Balaban J connectivity index is 1.85. The number of amides is 1. The lowest BCUT2D eigenvalue weighted by molar-refractivity contribution is -0.143. The molecule has 0 spiro atoms. The van der Waals surface area contributed by atoms with Gasteiger partial charge >= 0.3 is 12.4 Å². The Labute approximate surface area is 230 Å². The number of benzene rings is 2. The number of pyridine rings is 2. The van der Waals surface area contributed by atoms with Crippen LogP contribution in [0.4, 0.5) is 26.3 Å². The first-order chi connectivity index (χ1) is 19.3. The van der Waals surface area contributed by atoms with Crippen LogP contribution in [0.2, 0.25) is 0 Å². The average Bonchev–Trinajstić information content (AvgIpc) is 2.94. The maximum atomic E-state index is 13.7.